The molecule has 0 spiro atoms. The van der Waals surface area contributed by atoms with Gasteiger partial charge >= 0.3 is 0 Å². The van der Waals surface area contributed by atoms with E-state index in [1.807, 2.05) is 55.5 Å². The number of benzene rings is 2. The van der Waals surface area contributed by atoms with Crippen LogP contribution < -0.4 is 9.47 Å². The van der Waals surface area contributed by atoms with Crippen LogP contribution in [0.2, 0.25) is 0 Å². The first kappa shape index (κ1) is 15.1. The summed E-state index contributed by atoms with van der Waals surface area (Å²) in [5.74, 6) is 1.91. The fourth-order valence-corrected chi connectivity index (χ4v) is 2.53. The van der Waals surface area contributed by atoms with Crippen LogP contribution in [0, 0.1) is 6.92 Å². The molecule has 124 valence electrons. The molecule has 0 N–H and O–H groups in total. The van der Waals surface area contributed by atoms with Crippen LogP contribution >= 0.6 is 0 Å². The number of aryl methyl sites for hydroxylation is 1. The number of fused-ring (bicyclic) bond motifs is 1. The molecule has 25 heavy (non-hydrogen) atoms. The molecule has 4 aromatic rings. The highest BCUT2D eigenvalue weighted by molar-refractivity contribution is 5.81. The molecule has 0 aliphatic rings. The summed E-state index contributed by atoms with van der Waals surface area (Å²) >= 11 is 0. The molecule has 2 aromatic heterocycles. The van der Waals surface area contributed by atoms with Crippen LogP contribution in [0.25, 0.3) is 16.7 Å². The number of aromatic nitrogens is 4. The van der Waals surface area contributed by atoms with Crippen LogP contribution in [0.3, 0.4) is 0 Å². The molecule has 2 heterocycles. The molecular formula is C19H16N4O2. The first-order valence-electron chi connectivity index (χ1n) is 7.82. The molecule has 0 radical (unpaired) electrons. The quantitative estimate of drug-likeness (QED) is 0.567. The first-order chi connectivity index (χ1) is 12.2. The average Bonchev–Trinajstić information content (AvgIpc) is 3.08. The van der Waals surface area contributed by atoms with Crippen LogP contribution in [0.1, 0.15) is 5.56 Å². The SMILES string of the molecule is COc1ccc(Oc2ncnc3c2cnn3-c2ccc(C)cc2)cc1. The smallest absolute Gasteiger partial charge is 0.233 e. The Morgan fingerprint density at radius 3 is 2.32 bits per heavy atom. The summed E-state index contributed by atoms with van der Waals surface area (Å²) in [6.07, 6.45) is 3.20. The molecule has 0 saturated heterocycles. The molecule has 0 amide bonds. The summed E-state index contributed by atoms with van der Waals surface area (Å²) < 4.78 is 12.8. The third kappa shape index (κ3) is 2.89. The Kier molecular flexibility index (Phi) is 3.78. The molecule has 0 unspecified atom stereocenters. The lowest BCUT2D eigenvalue weighted by molar-refractivity contribution is 0.412. The maximum atomic E-state index is 5.90. The van der Waals surface area contributed by atoms with Gasteiger partial charge in [-0.25, -0.2) is 14.6 Å². The van der Waals surface area contributed by atoms with Gasteiger partial charge in [0.25, 0.3) is 0 Å². The van der Waals surface area contributed by atoms with Crippen LogP contribution in [0.4, 0.5) is 0 Å². The first-order valence-corrected chi connectivity index (χ1v) is 7.82. The van der Waals surface area contributed by atoms with Crippen molar-refractivity contribution < 1.29 is 9.47 Å². The van der Waals surface area contributed by atoms with E-state index in [0.29, 0.717) is 17.3 Å². The minimum atomic E-state index is 0.466. The average molecular weight is 332 g/mol. The molecule has 4 rings (SSSR count). The zero-order valence-electron chi connectivity index (χ0n) is 13.9. The monoisotopic (exact) mass is 332 g/mol. The maximum absolute atomic E-state index is 5.90. The predicted molar refractivity (Wildman–Crippen MR) is 94.5 cm³/mol. The Morgan fingerprint density at radius 1 is 0.880 bits per heavy atom. The second kappa shape index (κ2) is 6.24. The van der Waals surface area contributed by atoms with E-state index in [2.05, 4.69) is 15.1 Å². The Labute approximate surface area is 144 Å². The lowest BCUT2D eigenvalue weighted by Gasteiger charge is -2.07. The van der Waals surface area contributed by atoms with Gasteiger partial charge in [-0.2, -0.15) is 5.10 Å². The highest BCUT2D eigenvalue weighted by Gasteiger charge is 2.12. The van der Waals surface area contributed by atoms with Crippen molar-refractivity contribution in [3.05, 3.63) is 66.6 Å². The van der Waals surface area contributed by atoms with Gasteiger partial charge in [-0.3, -0.25) is 0 Å². The van der Waals surface area contributed by atoms with E-state index in [9.17, 15) is 0 Å². The van der Waals surface area contributed by atoms with Gasteiger partial charge in [0.2, 0.25) is 5.88 Å². The molecule has 0 fully saturated rings. The van der Waals surface area contributed by atoms with Crippen molar-refractivity contribution in [3.8, 4) is 23.1 Å². The van der Waals surface area contributed by atoms with Crippen LogP contribution in [0.15, 0.2) is 61.1 Å². The Hall–Kier alpha value is -3.41. The van der Waals surface area contributed by atoms with E-state index in [4.69, 9.17) is 9.47 Å². The molecule has 6 nitrogen and oxygen atoms in total. The zero-order chi connectivity index (χ0) is 17.2. The molecule has 0 aliphatic carbocycles. The number of rotatable bonds is 4. The van der Waals surface area contributed by atoms with Crippen molar-refractivity contribution in [2.45, 2.75) is 6.92 Å². The lowest BCUT2D eigenvalue weighted by Crippen LogP contribution is -1.98. The van der Waals surface area contributed by atoms with Gasteiger partial charge < -0.3 is 9.47 Å². The van der Waals surface area contributed by atoms with E-state index in [1.54, 1.807) is 18.0 Å². The summed E-state index contributed by atoms with van der Waals surface area (Å²) in [5, 5.41) is 5.19. The number of nitrogens with zero attached hydrogens (tertiary/aromatic N) is 4. The second-order valence-electron chi connectivity index (χ2n) is 5.59. The van der Waals surface area contributed by atoms with Crippen molar-refractivity contribution in [1.82, 2.24) is 19.7 Å². The van der Waals surface area contributed by atoms with Gasteiger partial charge in [0.05, 0.1) is 19.0 Å². The lowest BCUT2D eigenvalue weighted by atomic mass is 10.2. The number of ether oxygens (including phenoxy) is 2. The van der Waals surface area contributed by atoms with Crippen molar-refractivity contribution in [1.29, 1.82) is 0 Å². The van der Waals surface area contributed by atoms with Gasteiger partial charge in [-0.1, -0.05) is 17.7 Å². The fraction of sp³-hybridized carbons (Fsp3) is 0.105. The fourth-order valence-electron chi connectivity index (χ4n) is 2.53. The second-order valence-corrected chi connectivity index (χ2v) is 5.59. The van der Waals surface area contributed by atoms with Gasteiger partial charge in [0.15, 0.2) is 5.65 Å². The normalized spacial score (nSPS) is 10.8. The molecule has 6 heteroatoms. The van der Waals surface area contributed by atoms with Crippen LogP contribution in [-0.2, 0) is 0 Å². The van der Waals surface area contributed by atoms with E-state index in [-0.39, 0.29) is 0 Å². The van der Waals surface area contributed by atoms with Crippen molar-refractivity contribution in [2.75, 3.05) is 7.11 Å². The van der Waals surface area contributed by atoms with Crippen molar-refractivity contribution >= 4 is 11.0 Å². The van der Waals surface area contributed by atoms with Crippen LogP contribution in [0.5, 0.6) is 17.4 Å². The van der Waals surface area contributed by atoms with Crippen LogP contribution in [-0.4, -0.2) is 26.9 Å². The number of hydrogen-bond donors (Lipinski definition) is 0. The minimum Gasteiger partial charge on any atom is -0.497 e. The maximum Gasteiger partial charge on any atom is 0.233 e. The predicted octanol–water partition coefficient (Wildman–Crippen LogP) is 3.92. The zero-order valence-corrected chi connectivity index (χ0v) is 13.9. The summed E-state index contributed by atoms with van der Waals surface area (Å²) in [4.78, 5) is 8.61. The summed E-state index contributed by atoms with van der Waals surface area (Å²) in [6, 6.07) is 15.4. The topological polar surface area (TPSA) is 62.1 Å². The highest BCUT2D eigenvalue weighted by atomic mass is 16.5. The molecule has 0 bridgehead atoms. The molecular weight excluding hydrogens is 316 g/mol. The molecule has 0 saturated carbocycles. The number of hydrogen-bond acceptors (Lipinski definition) is 5. The van der Waals surface area contributed by atoms with Gasteiger partial charge in [0, 0.05) is 0 Å². The number of methoxy groups -OCH3 is 1. The molecule has 0 aliphatic heterocycles. The Balaban J connectivity index is 1.72. The Bertz CT molecular complexity index is 1010. The highest BCUT2D eigenvalue weighted by Crippen LogP contribution is 2.28. The third-order valence-electron chi connectivity index (χ3n) is 3.88. The Morgan fingerprint density at radius 2 is 1.60 bits per heavy atom. The molecule has 0 atom stereocenters. The summed E-state index contributed by atoms with van der Waals surface area (Å²) in [5.41, 5.74) is 2.83. The standard InChI is InChI=1S/C19H16N4O2/c1-13-3-5-14(6-4-13)23-18-17(11-22-23)19(21-12-20-18)25-16-9-7-15(24-2)8-10-16/h3-12H,1-2H3. The van der Waals surface area contributed by atoms with Gasteiger partial charge in [0.1, 0.15) is 23.2 Å². The van der Waals surface area contributed by atoms with Crippen molar-refractivity contribution in [3.63, 3.8) is 0 Å². The van der Waals surface area contributed by atoms with E-state index >= 15 is 0 Å². The minimum absolute atomic E-state index is 0.466. The van der Waals surface area contributed by atoms with Gasteiger partial charge in [-0.05, 0) is 43.3 Å². The van der Waals surface area contributed by atoms with Gasteiger partial charge in [-0.15, -0.1) is 0 Å². The largest absolute Gasteiger partial charge is 0.497 e. The third-order valence-corrected chi connectivity index (χ3v) is 3.88. The molecule has 2 aromatic carbocycles. The summed E-state index contributed by atoms with van der Waals surface area (Å²) in [6.45, 7) is 2.05. The van der Waals surface area contributed by atoms with E-state index in [0.717, 1.165) is 16.8 Å². The van der Waals surface area contributed by atoms with Crippen molar-refractivity contribution in [2.24, 2.45) is 0 Å². The van der Waals surface area contributed by atoms with E-state index < -0.39 is 0 Å². The summed E-state index contributed by atoms with van der Waals surface area (Å²) in [7, 11) is 1.63. The van der Waals surface area contributed by atoms with E-state index in [1.165, 1.54) is 11.9 Å².